The monoisotopic (exact) mass is 183 g/mol. The predicted molar refractivity (Wildman–Crippen MR) is 52.2 cm³/mol. The Kier molecular flexibility index (Phi) is 3.95. The molecule has 1 aliphatic heterocycles. The Labute approximate surface area is 77.2 Å². The number of hydrogen-bond donors (Lipinski definition) is 1. The molecule has 4 heteroatoms. The molecule has 1 atom stereocenters. The van der Waals surface area contributed by atoms with Crippen molar-refractivity contribution in [3.05, 3.63) is 0 Å². The number of nitriles is 1. The fraction of sp³-hybridized carbons (Fsp3) is 0.750. The van der Waals surface area contributed by atoms with Gasteiger partial charge in [-0.05, 0) is 12.8 Å². The van der Waals surface area contributed by atoms with Gasteiger partial charge in [-0.25, -0.2) is 0 Å². The van der Waals surface area contributed by atoms with Gasteiger partial charge < -0.3 is 5.32 Å². The van der Waals surface area contributed by atoms with E-state index in [1.807, 2.05) is 6.92 Å². The van der Waals surface area contributed by atoms with Gasteiger partial charge in [0.1, 0.15) is 0 Å². The first kappa shape index (κ1) is 9.40. The summed E-state index contributed by atoms with van der Waals surface area (Å²) in [5.41, 5.74) is 0. The Hall–Kier alpha value is -0.690. The van der Waals surface area contributed by atoms with Crippen LogP contribution in [0, 0.1) is 11.3 Å². The maximum absolute atomic E-state index is 8.70. The molecule has 0 radical (unpaired) electrons. The molecule has 12 heavy (non-hydrogen) atoms. The van der Waals surface area contributed by atoms with Crippen molar-refractivity contribution in [1.29, 1.82) is 5.26 Å². The average molecular weight is 183 g/mol. The zero-order chi connectivity index (χ0) is 8.81. The Morgan fingerprint density at radius 1 is 1.83 bits per heavy atom. The number of hydrogen-bond acceptors (Lipinski definition) is 4. The Morgan fingerprint density at radius 2 is 2.67 bits per heavy atom. The van der Waals surface area contributed by atoms with Crippen LogP contribution in [-0.2, 0) is 0 Å². The summed E-state index contributed by atoms with van der Waals surface area (Å²) in [7, 11) is 0. The van der Waals surface area contributed by atoms with E-state index < -0.39 is 0 Å². The van der Waals surface area contributed by atoms with Gasteiger partial charge in [0.15, 0.2) is 5.17 Å². The average Bonchev–Trinajstić information content (AvgIpc) is 2.16. The number of rotatable bonds is 2. The van der Waals surface area contributed by atoms with Gasteiger partial charge in [-0.1, -0.05) is 18.7 Å². The third-order valence-electron chi connectivity index (χ3n) is 1.64. The van der Waals surface area contributed by atoms with Gasteiger partial charge in [0.2, 0.25) is 0 Å². The molecule has 0 fully saturated rings. The summed E-state index contributed by atoms with van der Waals surface area (Å²) in [5, 5.41) is 12.9. The molecule has 1 unspecified atom stereocenters. The highest BCUT2D eigenvalue weighted by Crippen LogP contribution is 2.15. The van der Waals surface area contributed by atoms with E-state index in [1.165, 1.54) is 0 Å². The van der Waals surface area contributed by atoms with Crippen molar-refractivity contribution in [2.24, 2.45) is 4.99 Å². The zero-order valence-electron chi connectivity index (χ0n) is 7.21. The van der Waals surface area contributed by atoms with E-state index >= 15 is 0 Å². The third kappa shape index (κ3) is 2.74. The van der Waals surface area contributed by atoms with Gasteiger partial charge in [0.05, 0.1) is 11.3 Å². The van der Waals surface area contributed by atoms with Crippen LogP contribution in [0.15, 0.2) is 4.99 Å². The maximum Gasteiger partial charge on any atom is 0.157 e. The molecule has 0 saturated heterocycles. The molecule has 3 nitrogen and oxygen atoms in total. The van der Waals surface area contributed by atoms with Crippen molar-refractivity contribution in [2.75, 3.05) is 13.1 Å². The predicted octanol–water partition coefficient (Wildman–Crippen LogP) is 1.37. The lowest BCUT2D eigenvalue weighted by Crippen LogP contribution is -2.28. The van der Waals surface area contributed by atoms with Gasteiger partial charge in [-0.3, -0.25) is 4.99 Å². The van der Waals surface area contributed by atoms with Crippen molar-refractivity contribution in [3.8, 4) is 6.07 Å². The first-order valence-electron chi connectivity index (χ1n) is 4.21. The summed E-state index contributed by atoms with van der Waals surface area (Å²) in [4.78, 5) is 4.28. The fourth-order valence-electron chi connectivity index (χ4n) is 0.926. The molecule has 1 heterocycles. The van der Waals surface area contributed by atoms with Gasteiger partial charge in [0, 0.05) is 13.1 Å². The smallest absolute Gasteiger partial charge is 0.157 e. The van der Waals surface area contributed by atoms with Crippen LogP contribution in [0.3, 0.4) is 0 Å². The minimum Gasteiger partial charge on any atom is -0.365 e. The molecule has 66 valence electrons. The quantitative estimate of drug-likeness (QED) is 0.703. The topological polar surface area (TPSA) is 48.2 Å². The Balaban J connectivity index is 2.39. The molecular formula is C8H13N3S. The molecule has 1 aliphatic rings. The third-order valence-corrected chi connectivity index (χ3v) is 2.86. The fourth-order valence-corrected chi connectivity index (χ4v) is 1.77. The minimum atomic E-state index is 0.0503. The number of thioether (sulfide) groups is 1. The zero-order valence-corrected chi connectivity index (χ0v) is 8.02. The summed E-state index contributed by atoms with van der Waals surface area (Å²) < 4.78 is 0. The van der Waals surface area contributed by atoms with Crippen molar-refractivity contribution in [3.63, 3.8) is 0 Å². The van der Waals surface area contributed by atoms with Crippen molar-refractivity contribution >= 4 is 16.9 Å². The van der Waals surface area contributed by atoms with E-state index in [1.54, 1.807) is 11.8 Å². The van der Waals surface area contributed by atoms with Gasteiger partial charge in [-0.2, -0.15) is 5.26 Å². The highest BCUT2D eigenvalue weighted by atomic mass is 32.2. The van der Waals surface area contributed by atoms with Crippen LogP contribution in [0.5, 0.6) is 0 Å². The highest BCUT2D eigenvalue weighted by Gasteiger charge is 2.11. The van der Waals surface area contributed by atoms with Crippen molar-refractivity contribution in [2.45, 2.75) is 25.0 Å². The van der Waals surface area contributed by atoms with Crippen LogP contribution < -0.4 is 5.32 Å². The van der Waals surface area contributed by atoms with E-state index in [0.717, 1.165) is 31.1 Å². The number of nitrogens with one attached hydrogen (secondary N) is 1. The van der Waals surface area contributed by atoms with Gasteiger partial charge >= 0.3 is 0 Å². The van der Waals surface area contributed by atoms with Gasteiger partial charge in [-0.15, -0.1) is 0 Å². The second-order valence-electron chi connectivity index (χ2n) is 2.61. The summed E-state index contributed by atoms with van der Waals surface area (Å²) >= 11 is 1.54. The summed E-state index contributed by atoms with van der Waals surface area (Å²) in [6.07, 6.45) is 1.98. The lowest BCUT2D eigenvalue weighted by Gasteiger charge is -2.15. The van der Waals surface area contributed by atoms with E-state index in [-0.39, 0.29) is 5.25 Å². The van der Waals surface area contributed by atoms with Crippen LogP contribution in [-0.4, -0.2) is 23.5 Å². The SMILES string of the molecule is CCC(C#N)SC1=NCCCN1. The van der Waals surface area contributed by atoms with Gasteiger partial charge in [0.25, 0.3) is 0 Å². The summed E-state index contributed by atoms with van der Waals surface area (Å²) in [6.45, 7) is 3.91. The molecule has 0 saturated carbocycles. The highest BCUT2D eigenvalue weighted by molar-refractivity contribution is 8.14. The molecule has 0 aromatic rings. The largest absolute Gasteiger partial charge is 0.365 e. The number of nitrogens with zero attached hydrogens (tertiary/aromatic N) is 2. The second-order valence-corrected chi connectivity index (χ2v) is 3.80. The Bertz CT molecular complexity index is 207. The lowest BCUT2D eigenvalue weighted by molar-refractivity contribution is 0.751. The standard InChI is InChI=1S/C8H13N3S/c1-2-7(6-9)12-8-10-4-3-5-11-8/h7H,2-5H2,1H3,(H,10,11). The normalized spacial score (nSPS) is 18.8. The van der Waals surface area contributed by atoms with Crippen LogP contribution >= 0.6 is 11.8 Å². The van der Waals surface area contributed by atoms with E-state index in [0.29, 0.717) is 0 Å². The molecule has 0 amide bonds. The molecule has 0 bridgehead atoms. The second kappa shape index (κ2) is 5.04. The summed E-state index contributed by atoms with van der Waals surface area (Å²) in [5.74, 6) is 0. The molecule has 0 aromatic heterocycles. The first-order valence-corrected chi connectivity index (χ1v) is 5.09. The summed E-state index contributed by atoms with van der Waals surface area (Å²) in [6, 6.07) is 2.24. The number of amidine groups is 1. The molecule has 0 spiro atoms. The maximum atomic E-state index is 8.70. The van der Waals surface area contributed by atoms with Crippen LogP contribution in [0.4, 0.5) is 0 Å². The minimum absolute atomic E-state index is 0.0503. The van der Waals surface area contributed by atoms with E-state index in [9.17, 15) is 0 Å². The van der Waals surface area contributed by atoms with E-state index in [4.69, 9.17) is 5.26 Å². The van der Waals surface area contributed by atoms with Crippen LogP contribution in [0.1, 0.15) is 19.8 Å². The van der Waals surface area contributed by atoms with Crippen molar-refractivity contribution in [1.82, 2.24) is 5.32 Å². The molecule has 1 rings (SSSR count). The lowest BCUT2D eigenvalue weighted by atomic mass is 10.4. The molecule has 0 aromatic carbocycles. The molecule has 0 aliphatic carbocycles. The molecule has 1 N–H and O–H groups in total. The Morgan fingerprint density at radius 3 is 3.17 bits per heavy atom. The number of aliphatic imine (C=N–C) groups is 1. The van der Waals surface area contributed by atoms with Crippen LogP contribution in [0.25, 0.3) is 0 Å². The van der Waals surface area contributed by atoms with E-state index in [2.05, 4.69) is 16.4 Å². The molecular weight excluding hydrogens is 170 g/mol. The first-order chi connectivity index (χ1) is 5.86. The van der Waals surface area contributed by atoms with Crippen molar-refractivity contribution < 1.29 is 0 Å². The van der Waals surface area contributed by atoms with Crippen LogP contribution in [0.2, 0.25) is 0 Å².